The lowest BCUT2D eigenvalue weighted by Crippen LogP contribution is -2.55. The third-order valence-corrected chi connectivity index (χ3v) is 4.81. The summed E-state index contributed by atoms with van der Waals surface area (Å²) in [4.78, 5) is 26.4. The Morgan fingerprint density at radius 1 is 1.30 bits per heavy atom. The summed E-state index contributed by atoms with van der Waals surface area (Å²) in [6.45, 7) is 15.4. The summed E-state index contributed by atoms with van der Waals surface area (Å²) < 4.78 is 5.26. The van der Waals surface area contributed by atoms with E-state index in [1.165, 1.54) is 17.9 Å². The van der Waals surface area contributed by atoms with E-state index in [0.717, 1.165) is 11.1 Å². The molecule has 1 amide bonds. The van der Waals surface area contributed by atoms with Gasteiger partial charge in [-0.25, -0.2) is 0 Å². The number of hydrogen-bond acceptors (Lipinski definition) is 4. The Hall–Kier alpha value is -2.47. The number of carbonyl (C=O) groups is 2. The summed E-state index contributed by atoms with van der Waals surface area (Å²) in [5, 5.41) is 3.10. The highest BCUT2D eigenvalue weighted by atomic mass is 32.1. The third-order valence-electron chi connectivity index (χ3n) is 4.51. The first-order chi connectivity index (χ1) is 12.6. The van der Waals surface area contributed by atoms with Crippen LogP contribution in [0.15, 0.2) is 49.2 Å². The first-order valence-corrected chi connectivity index (χ1v) is 9.16. The van der Waals surface area contributed by atoms with E-state index in [4.69, 9.17) is 17.0 Å². The number of carbonyl (C=O) groups excluding carboxylic acids is 2. The molecule has 1 heterocycles. The van der Waals surface area contributed by atoms with E-state index < -0.39 is 17.9 Å². The Bertz CT molecular complexity index is 778. The maximum absolute atomic E-state index is 12.7. The van der Waals surface area contributed by atoms with Crippen molar-refractivity contribution in [1.29, 1.82) is 0 Å². The van der Waals surface area contributed by atoms with Gasteiger partial charge < -0.3 is 10.1 Å². The van der Waals surface area contributed by atoms with Gasteiger partial charge in [0.15, 0.2) is 5.11 Å². The third kappa shape index (κ3) is 4.45. The van der Waals surface area contributed by atoms with Crippen LogP contribution in [-0.4, -0.2) is 28.5 Å². The van der Waals surface area contributed by atoms with Crippen LogP contribution < -0.4 is 5.32 Å². The minimum absolute atomic E-state index is 0.00585. The Labute approximate surface area is 166 Å². The van der Waals surface area contributed by atoms with Crippen LogP contribution >= 0.6 is 12.2 Å². The maximum Gasteiger partial charge on any atom is 0.317 e. The molecule has 0 saturated carbocycles. The number of thiocarbonyl (C=S) groups is 1. The Morgan fingerprint density at radius 2 is 1.89 bits per heavy atom. The summed E-state index contributed by atoms with van der Waals surface area (Å²) in [5.41, 5.74) is 2.36. The number of nitrogens with zero attached hydrogens (tertiary/aromatic N) is 1. The fraction of sp³-hybridized carbons (Fsp3) is 0.381. The van der Waals surface area contributed by atoms with Gasteiger partial charge in [0.25, 0.3) is 0 Å². The quantitative estimate of drug-likeness (QED) is 0.487. The normalized spacial score (nSPS) is 20.1. The van der Waals surface area contributed by atoms with Crippen molar-refractivity contribution in [1.82, 2.24) is 10.2 Å². The number of hydrogen-bond donors (Lipinski definition) is 1. The fourth-order valence-corrected chi connectivity index (χ4v) is 3.48. The van der Waals surface area contributed by atoms with Crippen LogP contribution in [0.2, 0.25) is 0 Å². The molecule has 1 aliphatic rings. The summed E-state index contributed by atoms with van der Waals surface area (Å²) in [5.74, 6) is -1.52. The predicted molar refractivity (Wildman–Crippen MR) is 110 cm³/mol. The molecule has 0 unspecified atom stereocenters. The Morgan fingerprint density at radius 3 is 2.37 bits per heavy atom. The van der Waals surface area contributed by atoms with E-state index in [0.29, 0.717) is 5.70 Å². The van der Waals surface area contributed by atoms with Gasteiger partial charge in [-0.05, 0) is 28.8 Å². The molecule has 5 nitrogen and oxygen atoms in total. The predicted octanol–water partition coefficient (Wildman–Crippen LogP) is 3.62. The molecule has 1 aliphatic heterocycles. The molecule has 2 rings (SSSR count). The summed E-state index contributed by atoms with van der Waals surface area (Å²) in [7, 11) is 0. The van der Waals surface area contributed by atoms with Crippen LogP contribution in [0, 0.1) is 5.92 Å². The molecule has 1 saturated heterocycles. The van der Waals surface area contributed by atoms with Crippen molar-refractivity contribution in [3.05, 3.63) is 60.3 Å². The van der Waals surface area contributed by atoms with Crippen molar-refractivity contribution >= 4 is 29.2 Å². The lowest BCUT2D eigenvalue weighted by molar-refractivity contribution is -0.149. The van der Waals surface area contributed by atoms with Crippen LogP contribution in [-0.2, 0) is 19.7 Å². The second kappa shape index (κ2) is 8.05. The molecule has 6 heteroatoms. The van der Waals surface area contributed by atoms with Crippen LogP contribution in [0.4, 0.5) is 0 Å². The van der Waals surface area contributed by atoms with Crippen molar-refractivity contribution < 1.29 is 14.3 Å². The number of rotatable bonds is 4. The first-order valence-electron chi connectivity index (χ1n) is 8.75. The van der Waals surface area contributed by atoms with Gasteiger partial charge in [-0.2, -0.15) is 0 Å². The lowest BCUT2D eigenvalue weighted by Gasteiger charge is -2.41. The zero-order chi connectivity index (χ0) is 20.4. The molecule has 0 spiro atoms. The van der Waals surface area contributed by atoms with Crippen molar-refractivity contribution in [2.24, 2.45) is 5.92 Å². The van der Waals surface area contributed by atoms with Crippen LogP contribution in [0.5, 0.6) is 0 Å². The molecular weight excluding hydrogens is 360 g/mol. The van der Waals surface area contributed by atoms with E-state index in [2.05, 4.69) is 39.2 Å². The molecule has 2 atom stereocenters. The Kier molecular flexibility index (Phi) is 6.21. The van der Waals surface area contributed by atoms with E-state index in [-0.39, 0.29) is 23.0 Å². The maximum atomic E-state index is 12.7. The number of benzene rings is 1. The minimum Gasteiger partial charge on any atom is -0.461 e. The van der Waals surface area contributed by atoms with Crippen LogP contribution in [0.1, 0.15) is 44.9 Å². The number of esters is 1. The van der Waals surface area contributed by atoms with Gasteiger partial charge in [-0.1, -0.05) is 64.3 Å². The van der Waals surface area contributed by atoms with E-state index in [1.807, 2.05) is 24.3 Å². The average molecular weight is 387 g/mol. The molecule has 144 valence electrons. The molecule has 27 heavy (non-hydrogen) atoms. The van der Waals surface area contributed by atoms with Gasteiger partial charge in [0.05, 0.1) is 6.04 Å². The molecule has 1 aromatic carbocycles. The van der Waals surface area contributed by atoms with Crippen LogP contribution in [0.25, 0.3) is 0 Å². The standard InChI is InChI=1S/C21H26N2O3S/c1-7-12-26-19(25)17-13(2)22-20(27)23(14(3)24)18(17)15-8-10-16(11-9-15)21(4,5)6/h7-11,17-18H,1-2,12H2,3-6H3,(H,22,27)/t17-,18-/m0/s1. The van der Waals surface area contributed by atoms with Crippen molar-refractivity contribution in [3.8, 4) is 0 Å². The molecule has 1 fully saturated rings. The fourth-order valence-electron chi connectivity index (χ4n) is 3.10. The number of nitrogens with one attached hydrogen (secondary N) is 1. The lowest BCUT2D eigenvalue weighted by atomic mass is 9.83. The van der Waals surface area contributed by atoms with Crippen molar-refractivity contribution in [3.63, 3.8) is 0 Å². The average Bonchev–Trinajstić information content (AvgIpc) is 2.58. The highest BCUT2D eigenvalue weighted by Gasteiger charge is 2.44. The van der Waals surface area contributed by atoms with Gasteiger partial charge >= 0.3 is 5.97 Å². The second-order valence-corrected chi connectivity index (χ2v) is 7.94. The zero-order valence-electron chi connectivity index (χ0n) is 16.2. The number of ether oxygens (including phenoxy) is 1. The number of amides is 1. The largest absolute Gasteiger partial charge is 0.461 e. The van der Waals surface area contributed by atoms with Gasteiger partial charge in [0.2, 0.25) is 5.91 Å². The van der Waals surface area contributed by atoms with E-state index in [1.54, 1.807) is 0 Å². The minimum atomic E-state index is -0.777. The van der Waals surface area contributed by atoms with Crippen molar-refractivity contribution in [2.45, 2.75) is 39.2 Å². The molecule has 0 aliphatic carbocycles. The van der Waals surface area contributed by atoms with Crippen LogP contribution in [0.3, 0.4) is 0 Å². The smallest absolute Gasteiger partial charge is 0.317 e. The summed E-state index contributed by atoms with van der Waals surface area (Å²) >= 11 is 5.33. The highest BCUT2D eigenvalue weighted by Crippen LogP contribution is 2.37. The molecule has 0 aromatic heterocycles. The van der Waals surface area contributed by atoms with Gasteiger partial charge in [-0.15, -0.1) is 0 Å². The van der Waals surface area contributed by atoms with Crippen molar-refractivity contribution in [2.75, 3.05) is 6.61 Å². The highest BCUT2D eigenvalue weighted by molar-refractivity contribution is 7.80. The molecular formula is C21H26N2O3S. The molecule has 0 radical (unpaired) electrons. The van der Waals surface area contributed by atoms with E-state index >= 15 is 0 Å². The SMILES string of the molecule is C=CCOC(=O)[C@H]1C(=C)NC(=S)N(C(C)=O)[C@H]1c1ccc(C(C)(C)C)cc1. The Balaban J connectivity index is 2.52. The topological polar surface area (TPSA) is 58.6 Å². The molecule has 1 N–H and O–H groups in total. The van der Waals surface area contributed by atoms with Gasteiger partial charge in [0, 0.05) is 12.6 Å². The summed E-state index contributed by atoms with van der Waals surface area (Å²) in [6, 6.07) is 7.25. The zero-order valence-corrected chi connectivity index (χ0v) is 17.1. The molecule has 0 bridgehead atoms. The van der Waals surface area contributed by atoms with E-state index in [9.17, 15) is 9.59 Å². The van der Waals surface area contributed by atoms with Gasteiger partial charge in [0.1, 0.15) is 12.5 Å². The summed E-state index contributed by atoms with van der Waals surface area (Å²) in [6.07, 6.45) is 1.50. The molecule has 1 aromatic rings. The van der Waals surface area contributed by atoms with Gasteiger partial charge in [-0.3, -0.25) is 14.5 Å². The first kappa shape index (κ1) is 20.8. The second-order valence-electron chi connectivity index (χ2n) is 7.56. The monoisotopic (exact) mass is 386 g/mol.